The van der Waals surface area contributed by atoms with E-state index in [0.717, 1.165) is 38.0 Å². The molecule has 1 aromatic rings. The third-order valence-corrected chi connectivity index (χ3v) is 5.53. The van der Waals surface area contributed by atoms with Crippen molar-refractivity contribution in [1.29, 1.82) is 5.26 Å². The van der Waals surface area contributed by atoms with Crippen LogP contribution >= 0.6 is 11.6 Å². The summed E-state index contributed by atoms with van der Waals surface area (Å²) >= 11 is 6.30. The third kappa shape index (κ3) is 2.38. The zero-order valence-corrected chi connectivity index (χ0v) is 13.5. The average molecular weight is 321 g/mol. The lowest BCUT2D eigenvalue weighted by atomic mass is 9.58. The first-order valence-corrected chi connectivity index (χ1v) is 8.23. The van der Waals surface area contributed by atoms with E-state index >= 15 is 0 Å². The van der Waals surface area contributed by atoms with Crippen LogP contribution in [0.5, 0.6) is 0 Å². The molecule has 2 unspecified atom stereocenters. The summed E-state index contributed by atoms with van der Waals surface area (Å²) in [5, 5.41) is 20.2. The van der Waals surface area contributed by atoms with Crippen LogP contribution < -0.4 is 4.90 Å². The minimum atomic E-state index is -0.270. The number of aliphatic hydroxyl groups is 1. The summed E-state index contributed by atoms with van der Waals surface area (Å²) in [6.45, 7) is 4.26. The van der Waals surface area contributed by atoms with Gasteiger partial charge in [0.25, 0.3) is 0 Å². The van der Waals surface area contributed by atoms with Gasteiger partial charge in [0.05, 0.1) is 28.5 Å². The number of rotatable bonds is 3. The van der Waals surface area contributed by atoms with Crippen LogP contribution in [-0.2, 0) is 4.74 Å². The van der Waals surface area contributed by atoms with E-state index in [-0.39, 0.29) is 17.6 Å². The number of halogens is 1. The topological polar surface area (TPSA) is 56.5 Å². The van der Waals surface area contributed by atoms with Gasteiger partial charge in [-0.15, -0.1) is 0 Å². The lowest BCUT2D eigenvalue weighted by Gasteiger charge is -2.57. The smallest absolute Gasteiger partial charge is 0.101 e. The maximum absolute atomic E-state index is 10.3. The molecule has 4 nitrogen and oxygen atoms in total. The first kappa shape index (κ1) is 15.6. The monoisotopic (exact) mass is 320 g/mol. The standard InChI is InChI=1S/C17H21ClN2O2/c1-2-22-15-10-14(21)17(15)6-8-20(9-7-17)16-12(11-19)4-3-5-13(16)18/h3-5,14-15,21H,2,6-10H2,1H3. The van der Waals surface area contributed by atoms with E-state index in [9.17, 15) is 10.4 Å². The van der Waals surface area contributed by atoms with Crippen molar-refractivity contribution in [1.82, 2.24) is 0 Å². The summed E-state index contributed by atoms with van der Waals surface area (Å²) in [6.07, 6.45) is 2.37. The molecule has 1 saturated carbocycles. The number of benzene rings is 1. The number of ether oxygens (including phenoxy) is 1. The van der Waals surface area contributed by atoms with Crippen LogP contribution in [0.4, 0.5) is 5.69 Å². The normalized spacial score (nSPS) is 26.5. The number of nitriles is 1. The van der Waals surface area contributed by atoms with E-state index in [1.807, 2.05) is 13.0 Å². The minimum absolute atomic E-state index is 0.111. The molecule has 0 bridgehead atoms. The van der Waals surface area contributed by atoms with Gasteiger partial charge >= 0.3 is 0 Å². The molecule has 2 aliphatic rings. The fourth-order valence-electron chi connectivity index (χ4n) is 3.89. The molecule has 2 atom stereocenters. The Bertz CT molecular complexity index is 589. The molecule has 1 N–H and O–H groups in total. The predicted octanol–water partition coefficient (Wildman–Crippen LogP) is 2.97. The Morgan fingerprint density at radius 3 is 2.77 bits per heavy atom. The highest BCUT2D eigenvalue weighted by Gasteiger charge is 2.56. The van der Waals surface area contributed by atoms with Crippen molar-refractivity contribution in [2.75, 3.05) is 24.6 Å². The van der Waals surface area contributed by atoms with Gasteiger partial charge in [-0.3, -0.25) is 0 Å². The number of aliphatic hydroxyl groups excluding tert-OH is 1. The molecular weight excluding hydrogens is 300 g/mol. The van der Waals surface area contributed by atoms with Crippen molar-refractivity contribution in [2.24, 2.45) is 5.41 Å². The highest BCUT2D eigenvalue weighted by atomic mass is 35.5. The Balaban J connectivity index is 1.77. The van der Waals surface area contributed by atoms with Gasteiger partial charge in [-0.25, -0.2) is 0 Å². The quantitative estimate of drug-likeness (QED) is 0.930. The zero-order chi connectivity index (χ0) is 15.7. The zero-order valence-electron chi connectivity index (χ0n) is 12.8. The van der Waals surface area contributed by atoms with Crippen LogP contribution in [-0.4, -0.2) is 37.0 Å². The van der Waals surface area contributed by atoms with Crippen LogP contribution in [0, 0.1) is 16.7 Å². The summed E-state index contributed by atoms with van der Waals surface area (Å²) in [4.78, 5) is 2.17. The molecule has 1 aromatic carbocycles. The first-order chi connectivity index (χ1) is 10.6. The lowest BCUT2D eigenvalue weighted by molar-refractivity contribution is -0.199. The van der Waals surface area contributed by atoms with Crippen molar-refractivity contribution in [3.63, 3.8) is 0 Å². The maximum Gasteiger partial charge on any atom is 0.101 e. The molecule has 5 heteroatoms. The molecule has 118 valence electrons. The van der Waals surface area contributed by atoms with Gasteiger partial charge in [0, 0.05) is 31.5 Å². The molecule has 1 saturated heterocycles. The van der Waals surface area contributed by atoms with E-state index in [4.69, 9.17) is 16.3 Å². The Morgan fingerprint density at radius 2 is 2.18 bits per heavy atom. The molecule has 2 fully saturated rings. The largest absolute Gasteiger partial charge is 0.392 e. The van der Waals surface area contributed by atoms with Gasteiger partial charge in [-0.1, -0.05) is 17.7 Å². The van der Waals surface area contributed by atoms with Crippen molar-refractivity contribution >= 4 is 17.3 Å². The SMILES string of the molecule is CCOC1CC(O)C12CCN(c1c(Cl)cccc1C#N)CC2. The van der Waals surface area contributed by atoms with Gasteiger partial charge in [-0.2, -0.15) is 5.26 Å². The molecule has 0 amide bonds. The van der Waals surface area contributed by atoms with E-state index < -0.39 is 0 Å². The molecule has 1 spiro atoms. The number of para-hydroxylation sites is 1. The molecule has 1 aliphatic heterocycles. The molecule has 0 aromatic heterocycles. The number of hydrogen-bond acceptors (Lipinski definition) is 4. The number of piperidine rings is 1. The van der Waals surface area contributed by atoms with E-state index in [1.165, 1.54) is 0 Å². The van der Waals surface area contributed by atoms with Crippen LogP contribution in [0.1, 0.15) is 31.7 Å². The predicted molar refractivity (Wildman–Crippen MR) is 86.1 cm³/mol. The molecule has 22 heavy (non-hydrogen) atoms. The Kier molecular flexibility index (Phi) is 4.31. The van der Waals surface area contributed by atoms with Gasteiger partial charge in [0.1, 0.15) is 6.07 Å². The van der Waals surface area contributed by atoms with Gasteiger partial charge in [0.2, 0.25) is 0 Å². The number of anilines is 1. The Labute approximate surface area is 136 Å². The van der Waals surface area contributed by atoms with Crippen molar-refractivity contribution in [3.05, 3.63) is 28.8 Å². The molecule has 3 rings (SSSR count). The number of hydrogen-bond donors (Lipinski definition) is 1. The fraction of sp³-hybridized carbons (Fsp3) is 0.588. The van der Waals surface area contributed by atoms with Crippen LogP contribution in [0.2, 0.25) is 5.02 Å². The second-order valence-electron chi connectivity index (χ2n) is 6.16. The average Bonchev–Trinajstić information content (AvgIpc) is 2.54. The van der Waals surface area contributed by atoms with E-state index in [1.54, 1.807) is 12.1 Å². The van der Waals surface area contributed by atoms with Crippen molar-refractivity contribution in [3.8, 4) is 6.07 Å². The lowest BCUT2D eigenvalue weighted by Crippen LogP contribution is -2.62. The summed E-state index contributed by atoms with van der Waals surface area (Å²) in [5.41, 5.74) is 1.32. The second kappa shape index (κ2) is 6.08. The maximum atomic E-state index is 10.3. The summed E-state index contributed by atoms with van der Waals surface area (Å²) in [7, 11) is 0. The fourth-order valence-corrected chi connectivity index (χ4v) is 4.18. The Morgan fingerprint density at radius 1 is 1.45 bits per heavy atom. The van der Waals surface area contributed by atoms with E-state index in [0.29, 0.717) is 17.2 Å². The first-order valence-electron chi connectivity index (χ1n) is 7.85. The molecule has 0 radical (unpaired) electrons. The van der Waals surface area contributed by atoms with Crippen LogP contribution in [0.15, 0.2) is 18.2 Å². The second-order valence-corrected chi connectivity index (χ2v) is 6.57. The van der Waals surface area contributed by atoms with E-state index in [2.05, 4.69) is 11.0 Å². The summed E-state index contributed by atoms with van der Waals surface area (Å²) in [6, 6.07) is 7.64. The number of nitrogens with zero attached hydrogens (tertiary/aromatic N) is 2. The van der Waals surface area contributed by atoms with Gasteiger partial charge in [-0.05, 0) is 31.9 Å². The van der Waals surface area contributed by atoms with Crippen LogP contribution in [0.3, 0.4) is 0 Å². The van der Waals surface area contributed by atoms with Crippen molar-refractivity contribution < 1.29 is 9.84 Å². The molecule has 1 aliphatic carbocycles. The third-order valence-electron chi connectivity index (χ3n) is 5.23. The molecular formula is C17H21ClN2O2. The highest BCUT2D eigenvalue weighted by Crippen LogP contribution is 2.51. The van der Waals surface area contributed by atoms with Gasteiger partial charge < -0.3 is 14.7 Å². The highest BCUT2D eigenvalue weighted by molar-refractivity contribution is 6.33. The summed E-state index contributed by atoms with van der Waals surface area (Å²) in [5.74, 6) is 0. The minimum Gasteiger partial charge on any atom is -0.392 e. The summed E-state index contributed by atoms with van der Waals surface area (Å²) < 4.78 is 5.79. The van der Waals surface area contributed by atoms with Crippen molar-refractivity contribution in [2.45, 2.75) is 38.4 Å². The molecule has 1 heterocycles. The van der Waals surface area contributed by atoms with Gasteiger partial charge in [0.15, 0.2) is 0 Å². The van der Waals surface area contributed by atoms with Crippen LogP contribution in [0.25, 0.3) is 0 Å². The Hall–Kier alpha value is -1.28.